The zero-order valence-corrected chi connectivity index (χ0v) is 13.8. The van der Waals surface area contributed by atoms with E-state index in [1.807, 2.05) is 20.8 Å². The van der Waals surface area contributed by atoms with Gasteiger partial charge in [-0.05, 0) is 48.0 Å². The first-order valence-corrected chi connectivity index (χ1v) is 7.41. The van der Waals surface area contributed by atoms with Gasteiger partial charge in [0.05, 0.1) is 12.2 Å². The Balaban J connectivity index is 2.21. The number of ether oxygens (including phenoxy) is 2. The average Bonchev–Trinajstić information content (AvgIpc) is 2.60. The Morgan fingerprint density at radius 2 is 1.85 bits per heavy atom. The van der Waals surface area contributed by atoms with Crippen LogP contribution in [0.25, 0.3) is 0 Å². The van der Waals surface area contributed by atoms with Crippen LogP contribution >= 0.6 is 0 Å². The van der Waals surface area contributed by atoms with Gasteiger partial charge in [0.15, 0.2) is 0 Å². The molecule has 1 aliphatic rings. The number of hydrogen-bond donors (Lipinski definition) is 1. The molecular weight excluding hydrogens is 256 g/mol. The number of likely N-dealkylation sites (tertiary alicyclic amines) is 1. The van der Waals surface area contributed by atoms with E-state index < -0.39 is 5.60 Å². The van der Waals surface area contributed by atoms with Crippen molar-refractivity contribution in [3.05, 3.63) is 0 Å². The molecule has 118 valence electrons. The minimum absolute atomic E-state index is 0.0894. The largest absolute Gasteiger partial charge is 0.444 e. The van der Waals surface area contributed by atoms with Gasteiger partial charge in [-0.25, -0.2) is 4.79 Å². The molecule has 0 aliphatic carbocycles. The average molecular weight is 286 g/mol. The molecule has 0 aromatic heterocycles. The molecule has 0 bridgehead atoms. The Bertz CT molecular complexity index is 318. The molecule has 5 heteroatoms. The summed E-state index contributed by atoms with van der Waals surface area (Å²) in [4.78, 5) is 14.0. The number of carbonyl (C=O) groups excluding carboxylic acids is 1. The molecule has 1 N–H and O–H groups in total. The lowest BCUT2D eigenvalue weighted by Crippen LogP contribution is -2.41. The second kappa shape index (κ2) is 6.76. The minimum Gasteiger partial charge on any atom is -0.444 e. The second-order valence-corrected chi connectivity index (χ2v) is 7.39. The quantitative estimate of drug-likeness (QED) is 0.862. The van der Waals surface area contributed by atoms with Crippen LogP contribution in [0.15, 0.2) is 0 Å². The van der Waals surface area contributed by atoms with Crippen molar-refractivity contribution in [2.75, 3.05) is 26.2 Å². The summed E-state index contributed by atoms with van der Waals surface area (Å²) in [6, 6.07) is 0.180. The number of amides is 1. The summed E-state index contributed by atoms with van der Waals surface area (Å²) < 4.78 is 11.0. The first kappa shape index (κ1) is 17.2. The van der Waals surface area contributed by atoms with Gasteiger partial charge in [0.1, 0.15) is 5.60 Å². The smallest absolute Gasteiger partial charge is 0.407 e. The Morgan fingerprint density at radius 1 is 1.20 bits per heavy atom. The predicted octanol–water partition coefficient (Wildman–Crippen LogP) is 2.40. The third-order valence-electron chi connectivity index (χ3n) is 2.94. The highest BCUT2D eigenvalue weighted by Crippen LogP contribution is 2.12. The summed E-state index contributed by atoms with van der Waals surface area (Å²) in [5.74, 6) is 0. The summed E-state index contributed by atoms with van der Waals surface area (Å²) in [5.41, 5.74) is -0.531. The van der Waals surface area contributed by atoms with Crippen molar-refractivity contribution in [2.24, 2.45) is 0 Å². The fourth-order valence-corrected chi connectivity index (χ4v) is 2.11. The second-order valence-electron chi connectivity index (χ2n) is 7.39. The molecule has 5 nitrogen and oxygen atoms in total. The van der Waals surface area contributed by atoms with Gasteiger partial charge in [0, 0.05) is 25.7 Å². The summed E-state index contributed by atoms with van der Waals surface area (Å²) in [5, 5.41) is 2.93. The van der Waals surface area contributed by atoms with Crippen molar-refractivity contribution < 1.29 is 14.3 Å². The summed E-state index contributed by atoms with van der Waals surface area (Å²) in [6.07, 6.45) is 0.643. The van der Waals surface area contributed by atoms with Crippen LogP contribution in [0.1, 0.15) is 48.0 Å². The Morgan fingerprint density at radius 3 is 2.40 bits per heavy atom. The van der Waals surface area contributed by atoms with E-state index >= 15 is 0 Å². The van der Waals surface area contributed by atoms with Crippen molar-refractivity contribution in [3.63, 3.8) is 0 Å². The van der Waals surface area contributed by atoms with Crippen LogP contribution in [0.2, 0.25) is 0 Å². The molecule has 0 spiro atoms. The van der Waals surface area contributed by atoms with Crippen LogP contribution in [0.3, 0.4) is 0 Å². The van der Waals surface area contributed by atoms with Gasteiger partial charge in [0.2, 0.25) is 0 Å². The molecule has 1 saturated heterocycles. The predicted molar refractivity (Wildman–Crippen MR) is 79.9 cm³/mol. The number of carbonyl (C=O) groups is 1. The lowest BCUT2D eigenvalue weighted by Gasteiger charge is -2.23. The zero-order chi connectivity index (χ0) is 15.4. The Hall–Kier alpha value is -0.810. The van der Waals surface area contributed by atoms with Crippen LogP contribution in [0.4, 0.5) is 4.79 Å². The van der Waals surface area contributed by atoms with Gasteiger partial charge in [-0.2, -0.15) is 0 Å². The van der Waals surface area contributed by atoms with E-state index in [0.29, 0.717) is 0 Å². The van der Waals surface area contributed by atoms with Crippen molar-refractivity contribution in [1.82, 2.24) is 10.2 Å². The van der Waals surface area contributed by atoms with E-state index in [0.717, 1.165) is 32.7 Å². The van der Waals surface area contributed by atoms with Gasteiger partial charge in [-0.1, -0.05) is 0 Å². The molecule has 0 aromatic carbocycles. The summed E-state index contributed by atoms with van der Waals surface area (Å²) in [6.45, 7) is 15.3. The highest BCUT2D eigenvalue weighted by molar-refractivity contribution is 5.68. The van der Waals surface area contributed by atoms with Crippen molar-refractivity contribution in [1.29, 1.82) is 0 Å². The molecular formula is C15H30N2O3. The molecule has 20 heavy (non-hydrogen) atoms. The van der Waals surface area contributed by atoms with Crippen LogP contribution in [0.5, 0.6) is 0 Å². The third kappa shape index (κ3) is 7.70. The molecule has 0 saturated carbocycles. The number of rotatable bonds is 4. The summed E-state index contributed by atoms with van der Waals surface area (Å²) >= 11 is 0. The summed E-state index contributed by atoms with van der Waals surface area (Å²) in [7, 11) is 0. The Labute approximate surface area is 123 Å². The number of alkyl carbamates (subject to hydrolysis) is 1. The van der Waals surface area contributed by atoms with Gasteiger partial charge >= 0.3 is 6.09 Å². The number of nitrogens with zero attached hydrogens (tertiary/aromatic N) is 1. The topological polar surface area (TPSA) is 50.8 Å². The molecule has 1 atom stereocenters. The van der Waals surface area contributed by atoms with Crippen LogP contribution in [0, 0.1) is 0 Å². The maximum absolute atomic E-state index is 11.7. The van der Waals surface area contributed by atoms with E-state index in [1.54, 1.807) is 0 Å². The highest BCUT2D eigenvalue weighted by atomic mass is 16.6. The standard InChI is InChI=1S/C15H30N2O3/c1-14(2,3)19-10-9-17-8-7-12(11-17)16-13(18)20-15(4,5)6/h12H,7-11H2,1-6H3,(H,16,18). The van der Waals surface area contributed by atoms with Crippen LogP contribution in [-0.4, -0.2) is 54.5 Å². The molecule has 1 amide bonds. The maximum atomic E-state index is 11.7. The van der Waals surface area contributed by atoms with E-state index in [4.69, 9.17) is 9.47 Å². The van der Waals surface area contributed by atoms with Gasteiger partial charge in [0.25, 0.3) is 0 Å². The normalized spacial score (nSPS) is 21.0. The fourth-order valence-electron chi connectivity index (χ4n) is 2.11. The molecule has 1 rings (SSSR count). The lowest BCUT2D eigenvalue weighted by molar-refractivity contribution is -0.0111. The van der Waals surface area contributed by atoms with E-state index in [2.05, 4.69) is 31.0 Å². The first-order valence-electron chi connectivity index (χ1n) is 7.41. The van der Waals surface area contributed by atoms with E-state index in [-0.39, 0.29) is 17.7 Å². The van der Waals surface area contributed by atoms with Gasteiger partial charge < -0.3 is 14.8 Å². The van der Waals surface area contributed by atoms with Gasteiger partial charge in [-0.3, -0.25) is 4.90 Å². The number of hydrogen-bond acceptors (Lipinski definition) is 4. The van der Waals surface area contributed by atoms with Crippen LogP contribution in [-0.2, 0) is 9.47 Å². The van der Waals surface area contributed by atoms with E-state index in [9.17, 15) is 4.79 Å². The van der Waals surface area contributed by atoms with Crippen molar-refractivity contribution in [3.8, 4) is 0 Å². The fraction of sp³-hybridized carbons (Fsp3) is 0.933. The zero-order valence-electron chi connectivity index (χ0n) is 13.8. The van der Waals surface area contributed by atoms with Gasteiger partial charge in [-0.15, -0.1) is 0 Å². The Kier molecular flexibility index (Phi) is 5.83. The van der Waals surface area contributed by atoms with Crippen molar-refractivity contribution in [2.45, 2.75) is 65.2 Å². The third-order valence-corrected chi connectivity index (χ3v) is 2.94. The maximum Gasteiger partial charge on any atom is 0.407 e. The molecule has 1 aliphatic heterocycles. The number of nitrogens with one attached hydrogen (secondary N) is 1. The highest BCUT2D eigenvalue weighted by Gasteiger charge is 2.26. The van der Waals surface area contributed by atoms with Crippen molar-refractivity contribution >= 4 is 6.09 Å². The first-order chi connectivity index (χ1) is 9.05. The molecule has 0 aromatic rings. The SMILES string of the molecule is CC(C)(C)OCCN1CCC(NC(=O)OC(C)(C)C)C1. The lowest BCUT2D eigenvalue weighted by atomic mass is 10.2. The van der Waals surface area contributed by atoms with Crippen LogP contribution < -0.4 is 5.32 Å². The minimum atomic E-state index is -0.442. The van der Waals surface area contributed by atoms with E-state index in [1.165, 1.54) is 0 Å². The molecule has 1 fully saturated rings. The molecule has 1 unspecified atom stereocenters. The molecule has 1 heterocycles. The monoisotopic (exact) mass is 286 g/mol. The molecule has 0 radical (unpaired) electrons.